The molecule has 0 radical (unpaired) electrons. The zero-order chi connectivity index (χ0) is 15.6. The minimum Gasteiger partial charge on any atom is -0.495 e. The molecule has 0 aliphatic heterocycles. The summed E-state index contributed by atoms with van der Waals surface area (Å²) in [6.45, 7) is 0. The molecule has 0 aromatic heterocycles. The molecule has 0 N–H and O–H groups in total. The largest absolute Gasteiger partial charge is 0.495 e. The Kier molecular flexibility index (Phi) is 4.66. The van der Waals surface area contributed by atoms with E-state index in [0.717, 1.165) is 4.31 Å². The Bertz CT molecular complexity index is 763. The van der Waals surface area contributed by atoms with Crippen molar-refractivity contribution in [3.8, 4) is 5.75 Å². The van der Waals surface area contributed by atoms with Gasteiger partial charge in [-0.1, -0.05) is 35.3 Å². The zero-order valence-corrected chi connectivity index (χ0v) is 13.7. The van der Waals surface area contributed by atoms with Crippen LogP contribution in [0.25, 0.3) is 0 Å². The van der Waals surface area contributed by atoms with E-state index in [1.165, 1.54) is 32.4 Å². The minimum absolute atomic E-state index is 0.0655. The summed E-state index contributed by atoms with van der Waals surface area (Å²) in [4.78, 5) is 0.0655. The number of rotatable bonds is 4. The average Bonchev–Trinajstić information content (AvgIpc) is 2.47. The number of hydrogen-bond donors (Lipinski definition) is 0. The number of sulfonamides is 1. The van der Waals surface area contributed by atoms with Gasteiger partial charge in [0, 0.05) is 7.05 Å². The Labute approximate surface area is 133 Å². The molecule has 2 aromatic carbocycles. The smallest absolute Gasteiger partial charge is 0.264 e. The van der Waals surface area contributed by atoms with Gasteiger partial charge in [-0.05, 0) is 30.3 Å². The number of methoxy groups -OCH3 is 1. The highest BCUT2D eigenvalue weighted by Crippen LogP contribution is 2.32. The van der Waals surface area contributed by atoms with Crippen molar-refractivity contribution in [2.45, 2.75) is 4.90 Å². The SMILES string of the molecule is COc1ccc(S(=O)(=O)N(C)c2ccccc2Cl)cc1Cl. The fourth-order valence-corrected chi connectivity index (χ4v) is 3.68. The Morgan fingerprint density at radius 1 is 1.05 bits per heavy atom. The van der Waals surface area contributed by atoms with Gasteiger partial charge in [-0.3, -0.25) is 4.31 Å². The maximum absolute atomic E-state index is 12.6. The Morgan fingerprint density at radius 2 is 1.71 bits per heavy atom. The topological polar surface area (TPSA) is 46.6 Å². The summed E-state index contributed by atoms with van der Waals surface area (Å²) < 4.78 is 31.3. The lowest BCUT2D eigenvalue weighted by molar-refractivity contribution is 0.414. The van der Waals surface area contributed by atoms with Crippen molar-refractivity contribution in [1.29, 1.82) is 0 Å². The third-order valence-electron chi connectivity index (χ3n) is 2.97. The quantitative estimate of drug-likeness (QED) is 0.845. The number of benzene rings is 2. The van der Waals surface area contributed by atoms with E-state index < -0.39 is 10.0 Å². The van der Waals surface area contributed by atoms with E-state index in [9.17, 15) is 8.42 Å². The van der Waals surface area contributed by atoms with Crippen molar-refractivity contribution in [2.24, 2.45) is 0 Å². The van der Waals surface area contributed by atoms with Crippen LogP contribution in [-0.2, 0) is 10.0 Å². The van der Waals surface area contributed by atoms with Gasteiger partial charge in [0.15, 0.2) is 0 Å². The summed E-state index contributed by atoms with van der Waals surface area (Å²) in [5.74, 6) is 0.413. The van der Waals surface area contributed by atoms with Gasteiger partial charge < -0.3 is 4.74 Å². The van der Waals surface area contributed by atoms with Crippen LogP contribution >= 0.6 is 23.2 Å². The third-order valence-corrected chi connectivity index (χ3v) is 5.36. The molecule has 0 fully saturated rings. The first-order chi connectivity index (χ1) is 9.87. The molecule has 0 aliphatic carbocycles. The van der Waals surface area contributed by atoms with E-state index in [-0.39, 0.29) is 9.92 Å². The molecular formula is C14H13Cl2NO3S. The maximum atomic E-state index is 12.6. The van der Waals surface area contributed by atoms with Crippen LogP contribution in [0.15, 0.2) is 47.4 Å². The molecule has 0 heterocycles. The lowest BCUT2D eigenvalue weighted by atomic mass is 10.3. The zero-order valence-electron chi connectivity index (χ0n) is 11.4. The second-order valence-electron chi connectivity index (χ2n) is 4.22. The summed E-state index contributed by atoms with van der Waals surface area (Å²) in [7, 11) is -0.850. The van der Waals surface area contributed by atoms with Gasteiger partial charge in [0.2, 0.25) is 0 Å². The van der Waals surface area contributed by atoms with Gasteiger partial charge >= 0.3 is 0 Å². The molecule has 21 heavy (non-hydrogen) atoms. The van der Waals surface area contributed by atoms with Crippen molar-refractivity contribution < 1.29 is 13.2 Å². The summed E-state index contributed by atoms with van der Waals surface area (Å²) in [6.07, 6.45) is 0. The van der Waals surface area contributed by atoms with E-state index in [2.05, 4.69) is 0 Å². The highest BCUT2D eigenvalue weighted by atomic mass is 35.5. The Morgan fingerprint density at radius 3 is 2.29 bits per heavy atom. The number of hydrogen-bond acceptors (Lipinski definition) is 3. The molecule has 2 aromatic rings. The lowest BCUT2D eigenvalue weighted by Crippen LogP contribution is -2.26. The fourth-order valence-electron chi connectivity index (χ4n) is 1.80. The first-order valence-electron chi connectivity index (χ1n) is 5.95. The minimum atomic E-state index is -3.75. The van der Waals surface area contributed by atoms with Crippen LogP contribution in [0, 0.1) is 0 Å². The first kappa shape index (κ1) is 15.9. The maximum Gasteiger partial charge on any atom is 0.264 e. The van der Waals surface area contributed by atoms with E-state index in [1.54, 1.807) is 24.3 Å². The predicted molar refractivity (Wildman–Crippen MR) is 85.0 cm³/mol. The summed E-state index contributed by atoms with van der Waals surface area (Å²) in [5.41, 5.74) is 0.395. The van der Waals surface area contributed by atoms with Crippen LogP contribution in [0.5, 0.6) is 5.75 Å². The van der Waals surface area contributed by atoms with Gasteiger partial charge in [-0.2, -0.15) is 0 Å². The number of anilines is 1. The second-order valence-corrected chi connectivity index (χ2v) is 7.00. The highest BCUT2D eigenvalue weighted by molar-refractivity contribution is 7.92. The van der Waals surface area contributed by atoms with Crippen LogP contribution < -0.4 is 9.04 Å². The number of halogens is 2. The number of para-hydroxylation sites is 1. The molecule has 0 atom stereocenters. The predicted octanol–water partition coefficient (Wildman–Crippen LogP) is 3.83. The van der Waals surface area contributed by atoms with E-state index in [0.29, 0.717) is 16.5 Å². The third kappa shape index (κ3) is 3.10. The van der Waals surface area contributed by atoms with Gasteiger partial charge in [-0.25, -0.2) is 8.42 Å². The molecular weight excluding hydrogens is 333 g/mol. The molecule has 0 saturated carbocycles. The van der Waals surface area contributed by atoms with Crippen molar-refractivity contribution >= 4 is 38.9 Å². The lowest BCUT2D eigenvalue weighted by Gasteiger charge is -2.20. The van der Waals surface area contributed by atoms with Crippen LogP contribution in [0.3, 0.4) is 0 Å². The molecule has 0 bridgehead atoms. The van der Waals surface area contributed by atoms with E-state index in [1.807, 2.05) is 0 Å². The first-order valence-corrected chi connectivity index (χ1v) is 8.14. The summed E-state index contributed by atoms with van der Waals surface area (Å²) >= 11 is 12.0. The standard InChI is InChI=1S/C14H13Cl2NO3S/c1-17(13-6-4-3-5-11(13)15)21(18,19)10-7-8-14(20-2)12(16)9-10/h3-9H,1-2H3. The van der Waals surface area contributed by atoms with Crippen LogP contribution in [0.4, 0.5) is 5.69 Å². The van der Waals surface area contributed by atoms with E-state index in [4.69, 9.17) is 27.9 Å². The molecule has 0 spiro atoms. The average molecular weight is 346 g/mol. The molecule has 4 nitrogen and oxygen atoms in total. The van der Waals surface area contributed by atoms with Crippen molar-refractivity contribution in [1.82, 2.24) is 0 Å². The van der Waals surface area contributed by atoms with Crippen molar-refractivity contribution in [3.63, 3.8) is 0 Å². The number of nitrogens with zero attached hydrogens (tertiary/aromatic N) is 1. The van der Waals surface area contributed by atoms with Crippen LogP contribution in [-0.4, -0.2) is 22.6 Å². The van der Waals surface area contributed by atoms with Gasteiger partial charge in [0.1, 0.15) is 5.75 Å². The van der Waals surface area contributed by atoms with Gasteiger partial charge in [0.25, 0.3) is 10.0 Å². The van der Waals surface area contributed by atoms with E-state index >= 15 is 0 Å². The Hall–Kier alpha value is -1.43. The molecule has 0 saturated heterocycles. The van der Waals surface area contributed by atoms with Crippen LogP contribution in [0.2, 0.25) is 10.0 Å². The molecule has 0 aliphatic rings. The van der Waals surface area contributed by atoms with Gasteiger partial charge in [0.05, 0.1) is 27.7 Å². The fraction of sp³-hybridized carbons (Fsp3) is 0.143. The molecule has 0 amide bonds. The normalized spacial score (nSPS) is 11.2. The Balaban J connectivity index is 2.47. The van der Waals surface area contributed by atoms with Crippen molar-refractivity contribution in [3.05, 3.63) is 52.5 Å². The highest BCUT2D eigenvalue weighted by Gasteiger charge is 2.23. The monoisotopic (exact) mass is 345 g/mol. The molecule has 2 rings (SSSR count). The summed E-state index contributed by atoms with van der Waals surface area (Å²) in [6, 6.07) is 11.0. The van der Waals surface area contributed by atoms with Crippen molar-refractivity contribution in [2.75, 3.05) is 18.5 Å². The molecule has 112 valence electrons. The second kappa shape index (κ2) is 6.13. The van der Waals surface area contributed by atoms with Crippen LogP contribution in [0.1, 0.15) is 0 Å². The summed E-state index contributed by atoms with van der Waals surface area (Å²) in [5, 5.41) is 0.578. The molecule has 7 heteroatoms. The van der Waals surface area contributed by atoms with Gasteiger partial charge in [-0.15, -0.1) is 0 Å². The number of ether oxygens (including phenoxy) is 1. The molecule has 0 unspecified atom stereocenters.